The molecule has 2 N–H and O–H groups in total. The number of amides is 1. The number of benzene rings is 1. The summed E-state index contributed by atoms with van der Waals surface area (Å²) in [5.41, 5.74) is 0.413. The van der Waals surface area contributed by atoms with E-state index in [1.54, 1.807) is 32.0 Å². The molecule has 4 heterocycles. The van der Waals surface area contributed by atoms with Gasteiger partial charge in [0.25, 0.3) is 5.91 Å². The molecule has 0 radical (unpaired) electrons. The van der Waals surface area contributed by atoms with E-state index < -0.39 is 36.1 Å². The van der Waals surface area contributed by atoms with Crippen LogP contribution in [0.25, 0.3) is 0 Å². The summed E-state index contributed by atoms with van der Waals surface area (Å²) in [5, 5.41) is 9.48. The van der Waals surface area contributed by atoms with E-state index in [9.17, 15) is 27.6 Å². The molecule has 0 spiro atoms. The van der Waals surface area contributed by atoms with E-state index in [-0.39, 0.29) is 58.9 Å². The predicted octanol–water partition coefficient (Wildman–Crippen LogP) is 5.25. The summed E-state index contributed by atoms with van der Waals surface area (Å²) in [6, 6.07) is 3.30. The van der Waals surface area contributed by atoms with Crippen LogP contribution in [-0.2, 0) is 9.47 Å². The molecule has 2 atom stereocenters. The molecule has 0 bridgehead atoms. The highest BCUT2D eigenvalue weighted by atomic mass is 32.1. The third kappa shape index (κ3) is 5.40. The summed E-state index contributed by atoms with van der Waals surface area (Å²) in [6.45, 7) is 4.88. The molecule has 0 saturated carbocycles. The molecule has 3 aromatic rings. The van der Waals surface area contributed by atoms with Crippen LogP contribution >= 0.6 is 11.3 Å². The number of fused-ring (bicyclic) bond motifs is 2. The molecule has 0 saturated heterocycles. The van der Waals surface area contributed by atoms with E-state index in [1.807, 2.05) is 0 Å². The molecule has 1 amide bonds. The molecule has 2 aliphatic heterocycles. The highest BCUT2D eigenvalue weighted by Gasteiger charge is 2.47. The van der Waals surface area contributed by atoms with Crippen LogP contribution in [0.3, 0.4) is 0 Å². The Labute approximate surface area is 235 Å². The summed E-state index contributed by atoms with van der Waals surface area (Å²) in [4.78, 5) is 38.4. The van der Waals surface area contributed by atoms with Gasteiger partial charge in [-0.2, -0.15) is 18.3 Å². The van der Waals surface area contributed by atoms with Crippen molar-refractivity contribution in [2.45, 2.75) is 45.5 Å². The molecule has 218 valence electrons. The van der Waals surface area contributed by atoms with E-state index in [0.29, 0.717) is 17.1 Å². The Bertz CT molecular complexity index is 1520. The standard InChI is InChI=1S/C26H25F3N4O7S/c1-4-37-24(35)20-12(3)21(25(36)38-5-2)41-23(20)31-22(34)15-10-19-30-14(9-18(26(27,28)29)33(19)32-15)13-6-7-16-17(8-13)40-11-39-16/h6-8,10,14,18,30H,4-5,9,11H2,1-3H3,(H,31,34)/t14-,18+/m0/s1. The van der Waals surface area contributed by atoms with Crippen LogP contribution in [0.15, 0.2) is 24.3 Å². The first-order valence-corrected chi connectivity index (χ1v) is 13.4. The third-order valence-electron chi connectivity index (χ3n) is 6.54. The fourth-order valence-electron chi connectivity index (χ4n) is 4.64. The Kier molecular flexibility index (Phi) is 7.55. The Morgan fingerprint density at radius 2 is 1.83 bits per heavy atom. The maximum Gasteiger partial charge on any atom is 0.410 e. The van der Waals surface area contributed by atoms with Crippen molar-refractivity contribution in [2.24, 2.45) is 0 Å². The van der Waals surface area contributed by atoms with Gasteiger partial charge in [0.05, 0.1) is 24.8 Å². The molecule has 0 unspecified atom stereocenters. The smallest absolute Gasteiger partial charge is 0.410 e. The number of rotatable bonds is 7. The second kappa shape index (κ2) is 11.0. The average Bonchev–Trinajstić information content (AvgIpc) is 3.64. The lowest BCUT2D eigenvalue weighted by atomic mass is 9.96. The number of alkyl halides is 3. The number of carbonyl (C=O) groups is 3. The Morgan fingerprint density at radius 1 is 1.12 bits per heavy atom. The van der Waals surface area contributed by atoms with Gasteiger partial charge in [0.15, 0.2) is 23.2 Å². The molecule has 2 aliphatic rings. The average molecular weight is 595 g/mol. The van der Waals surface area contributed by atoms with Crippen molar-refractivity contribution >= 4 is 40.0 Å². The number of carbonyl (C=O) groups excluding carboxylic acids is 3. The summed E-state index contributed by atoms with van der Waals surface area (Å²) >= 11 is 0.799. The quantitative estimate of drug-likeness (QED) is 0.353. The number of aromatic nitrogens is 2. The normalized spacial score (nSPS) is 17.4. The minimum Gasteiger partial charge on any atom is -0.462 e. The molecule has 41 heavy (non-hydrogen) atoms. The van der Waals surface area contributed by atoms with Crippen molar-refractivity contribution in [2.75, 3.05) is 30.6 Å². The molecular weight excluding hydrogens is 569 g/mol. The van der Waals surface area contributed by atoms with Gasteiger partial charge in [-0.3, -0.25) is 4.79 Å². The maximum absolute atomic E-state index is 14.2. The van der Waals surface area contributed by atoms with Crippen molar-refractivity contribution < 1.29 is 46.5 Å². The number of ether oxygens (including phenoxy) is 4. The van der Waals surface area contributed by atoms with Crippen LogP contribution < -0.4 is 20.1 Å². The summed E-state index contributed by atoms with van der Waals surface area (Å²) in [7, 11) is 0. The largest absolute Gasteiger partial charge is 0.462 e. The maximum atomic E-state index is 14.2. The van der Waals surface area contributed by atoms with Crippen molar-refractivity contribution in [1.29, 1.82) is 0 Å². The fourth-order valence-corrected chi connectivity index (χ4v) is 5.73. The van der Waals surface area contributed by atoms with Crippen molar-refractivity contribution in [3.63, 3.8) is 0 Å². The first-order chi connectivity index (χ1) is 19.5. The van der Waals surface area contributed by atoms with Crippen molar-refractivity contribution in [3.05, 3.63) is 51.5 Å². The fraction of sp³-hybridized carbons (Fsp3) is 0.385. The van der Waals surface area contributed by atoms with E-state index in [1.165, 1.54) is 13.0 Å². The van der Waals surface area contributed by atoms with Gasteiger partial charge in [-0.1, -0.05) is 6.07 Å². The lowest BCUT2D eigenvalue weighted by Gasteiger charge is -2.33. The second-order valence-corrected chi connectivity index (χ2v) is 10.1. The number of nitrogens with one attached hydrogen (secondary N) is 2. The monoisotopic (exact) mass is 594 g/mol. The first-order valence-electron chi connectivity index (χ1n) is 12.6. The van der Waals surface area contributed by atoms with Crippen LogP contribution in [0.4, 0.5) is 24.0 Å². The van der Waals surface area contributed by atoms with E-state index in [2.05, 4.69) is 15.7 Å². The Hall–Kier alpha value is -4.27. The van der Waals surface area contributed by atoms with Gasteiger partial charge in [0, 0.05) is 12.5 Å². The number of esters is 2. The minimum absolute atomic E-state index is 0.0152. The van der Waals surface area contributed by atoms with Crippen LogP contribution in [0.2, 0.25) is 0 Å². The molecule has 5 rings (SSSR count). The molecule has 1 aromatic carbocycles. The van der Waals surface area contributed by atoms with Crippen molar-refractivity contribution in [3.8, 4) is 11.5 Å². The van der Waals surface area contributed by atoms with Gasteiger partial charge in [0.2, 0.25) is 6.79 Å². The Morgan fingerprint density at radius 3 is 2.54 bits per heavy atom. The summed E-state index contributed by atoms with van der Waals surface area (Å²) < 4.78 is 64.0. The topological polar surface area (TPSA) is 130 Å². The number of nitrogens with zero attached hydrogens (tertiary/aromatic N) is 2. The van der Waals surface area contributed by atoms with Crippen LogP contribution in [0, 0.1) is 6.92 Å². The first kappa shape index (κ1) is 28.3. The molecule has 11 nitrogen and oxygen atoms in total. The van der Waals surface area contributed by atoms with Crippen molar-refractivity contribution in [1.82, 2.24) is 9.78 Å². The predicted molar refractivity (Wildman–Crippen MR) is 140 cm³/mol. The number of halogens is 3. The Balaban J connectivity index is 1.46. The summed E-state index contributed by atoms with van der Waals surface area (Å²) in [5.74, 6) is -1.44. The third-order valence-corrected chi connectivity index (χ3v) is 7.72. The SMILES string of the molecule is CCOC(=O)c1sc(NC(=O)c2cc3n(n2)[C@@H](C(F)(F)F)C[C@@H](c2ccc4c(c2)OCO4)N3)c(C(=O)OCC)c1C. The number of thiophene rings is 1. The highest BCUT2D eigenvalue weighted by Crippen LogP contribution is 2.45. The molecular formula is C26H25F3N4O7S. The number of anilines is 2. The van der Waals surface area contributed by atoms with Gasteiger partial charge < -0.3 is 29.6 Å². The molecule has 15 heteroatoms. The lowest BCUT2D eigenvalue weighted by molar-refractivity contribution is -0.173. The molecule has 0 fully saturated rings. The number of hydrogen-bond acceptors (Lipinski definition) is 10. The van der Waals surface area contributed by atoms with Gasteiger partial charge in [0.1, 0.15) is 15.7 Å². The van der Waals surface area contributed by atoms with Gasteiger partial charge >= 0.3 is 18.1 Å². The van der Waals surface area contributed by atoms with Crippen LogP contribution in [-0.4, -0.2) is 53.8 Å². The zero-order valence-electron chi connectivity index (χ0n) is 22.1. The van der Waals surface area contributed by atoms with E-state index >= 15 is 0 Å². The zero-order valence-corrected chi connectivity index (χ0v) is 22.9. The molecule has 2 aromatic heterocycles. The van der Waals surface area contributed by atoms with Gasteiger partial charge in [-0.25, -0.2) is 14.3 Å². The minimum atomic E-state index is -4.66. The van der Waals surface area contributed by atoms with Crippen LogP contribution in [0.5, 0.6) is 11.5 Å². The number of hydrogen-bond donors (Lipinski definition) is 2. The molecule has 0 aliphatic carbocycles. The van der Waals surface area contributed by atoms with Crippen LogP contribution in [0.1, 0.15) is 74.0 Å². The van der Waals surface area contributed by atoms with E-state index in [0.717, 1.165) is 16.0 Å². The van der Waals surface area contributed by atoms with E-state index in [4.69, 9.17) is 18.9 Å². The second-order valence-electron chi connectivity index (χ2n) is 9.12. The summed E-state index contributed by atoms with van der Waals surface area (Å²) in [6.07, 6.45) is -5.05. The zero-order chi connectivity index (χ0) is 29.5. The van der Waals surface area contributed by atoms with Gasteiger partial charge in [-0.15, -0.1) is 11.3 Å². The lowest BCUT2D eigenvalue weighted by Crippen LogP contribution is -2.35. The van der Waals surface area contributed by atoms with Gasteiger partial charge in [-0.05, 0) is 44.0 Å². The highest BCUT2D eigenvalue weighted by molar-refractivity contribution is 7.18.